The van der Waals surface area contributed by atoms with Crippen LogP contribution >= 0.6 is 0 Å². The van der Waals surface area contributed by atoms with Crippen molar-refractivity contribution >= 4 is 28.5 Å². The summed E-state index contributed by atoms with van der Waals surface area (Å²) in [7, 11) is 0. The first kappa shape index (κ1) is 14.8. The number of rotatable bonds is 2. The van der Waals surface area contributed by atoms with E-state index in [-0.39, 0.29) is 5.78 Å². The maximum Gasteiger partial charge on any atom is 0.194 e. The van der Waals surface area contributed by atoms with E-state index in [4.69, 9.17) is 0 Å². The first-order chi connectivity index (χ1) is 12.8. The fourth-order valence-electron chi connectivity index (χ4n) is 3.66. The predicted octanol–water partition coefficient (Wildman–Crippen LogP) is 5.80. The quantitative estimate of drug-likeness (QED) is 0.375. The molecule has 0 saturated carbocycles. The van der Waals surface area contributed by atoms with Crippen LogP contribution in [-0.2, 0) is 0 Å². The molecule has 0 atom stereocenters. The van der Waals surface area contributed by atoms with Gasteiger partial charge in [-0.1, -0.05) is 78.9 Å². The maximum absolute atomic E-state index is 12.9. The molecule has 4 aromatic rings. The zero-order valence-corrected chi connectivity index (χ0v) is 14.0. The zero-order chi connectivity index (χ0) is 17.5. The van der Waals surface area contributed by atoms with Gasteiger partial charge >= 0.3 is 0 Å². The van der Waals surface area contributed by atoms with Crippen molar-refractivity contribution in [2.24, 2.45) is 4.99 Å². The molecule has 0 aromatic heterocycles. The first-order valence-electron chi connectivity index (χ1n) is 8.62. The van der Waals surface area contributed by atoms with Gasteiger partial charge in [0, 0.05) is 28.1 Å². The molecule has 0 aliphatic heterocycles. The minimum atomic E-state index is 0.0860. The van der Waals surface area contributed by atoms with Gasteiger partial charge in [0.25, 0.3) is 0 Å². The molecule has 0 N–H and O–H groups in total. The summed E-state index contributed by atoms with van der Waals surface area (Å²) < 4.78 is 0. The van der Waals surface area contributed by atoms with E-state index in [0.29, 0.717) is 0 Å². The Morgan fingerprint density at radius 2 is 1.35 bits per heavy atom. The molecule has 0 amide bonds. The Morgan fingerprint density at radius 3 is 2.19 bits per heavy atom. The molecule has 4 aromatic carbocycles. The Morgan fingerprint density at radius 1 is 0.615 bits per heavy atom. The van der Waals surface area contributed by atoms with E-state index in [2.05, 4.69) is 11.1 Å². The van der Waals surface area contributed by atoms with Gasteiger partial charge in [-0.25, -0.2) is 0 Å². The predicted molar refractivity (Wildman–Crippen MR) is 107 cm³/mol. The smallest absolute Gasteiger partial charge is 0.194 e. The van der Waals surface area contributed by atoms with E-state index in [1.807, 2.05) is 85.1 Å². The van der Waals surface area contributed by atoms with Gasteiger partial charge in [-0.05, 0) is 22.8 Å². The molecule has 0 unspecified atom stereocenters. The van der Waals surface area contributed by atoms with Crippen molar-refractivity contribution in [1.82, 2.24) is 0 Å². The largest absolute Gasteiger partial charge is 0.289 e. The highest BCUT2D eigenvalue weighted by molar-refractivity contribution is 6.27. The Balaban J connectivity index is 1.75. The van der Waals surface area contributed by atoms with Crippen LogP contribution in [0.4, 0.5) is 5.69 Å². The topological polar surface area (TPSA) is 29.4 Å². The van der Waals surface area contributed by atoms with E-state index >= 15 is 0 Å². The molecule has 2 nitrogen and oxygen atoms in total. The molecule has 0 saturated heterocycles. The highest BCUT2D eigenvalue weighted by atomic mass is 16.1. The van der Waals surface area contributed by atoms with Crippen molar-refractivity contribution < 1.29 is 4.79 Å². The number of hydrogen-bond acceptors (Lipinski definition) is 2. The van der Waals surface area contributed by atoms with Crippen molar-refractivity contribution in [3.05, 3.63) is 102 Å². The van der Waals surface area contributed by atoms with Crippen LogP contribution in [0.1, 0.15) is 21.5 Å². The summed E-state index contributed by atoms with van der Waals surface area (Å²) >= 11 is 0. The number of benzene rings is 4. The molecule has 5 rings (SSSR count). The van der Waals surface area contributed by atoms with Crippen molar-refractivity contribution in [3.63, 3.8) is 0 Å². The third-order valence-electron chi connectivity index (χ3n) is 4.88. The van der Waals surface area contributed by atoms with Gasteiger partial charge in [0.1, 0.15) is 0 Å². The van der Waals surface area contributed by atoms with Crippen molar-refractivity contribution in [1.29, 1.82) is 0 Å². The lowest BCUT2D eigenvalue weighted by Crippen LogP contribution is -2.09. The fraction of sp³-hybridized carbons (Fsp3) is 0. The molecule has 122 valence electrons. The molecule has 26 heavy (non-hydrogen) atoms. The zero-order valence-electron chi connectivity index (χ0n) is 14.0. The monoisotopic (exact) mass is 333 g/mol. The van der Waals surface area contributed by atoms with Crippen molar-refractivity contribution in [2.75, 3.05) is 0 Å². The number of carbonyl (C=O) groups is 1. The summed E-state index contributed by atoms with van der Waals surface area (Å²) in [6.07, 6.45) is 1.86. The molecule has 0 bridgehead atoms. The molecule has 1 aliphatic carbocycles. The van der Waals surface area contributed by atoms with Gasteiger partial charge in [0.2, 0.25) is 0 Å². The second kappa shape index (κ2) is 5.78. The lowest BCUT2D eigenvalue weighted by Gasteiger charge is -2.20. The average molecular weight is 333 g/mol. The molecule has 2 heteroatoms. The molecule has 0 spiro atoms. The van der Waals surface area contributed by atoms with E-state index in [0.717, 1.165) is 44.3 Å². The molecule has 0 fully saturated rings. The Labute approximate surface area is 151 Å². The van der Waals surface area contributed by atoms with Crippen molar-refractivity contribution in [3.8, 4) is 11.1 Å². The van der Waals surface area contributed by atoms with Gasteiger partial charge in [0.05, 0.1) is 5.69 Å². The van der Waals surface area contributed by atoms with Crippen molar-refractivity contribution in [2.45, 2.75) is 0 Å². The van der Waals surface area contributed by atoms with E-state index in [9.17, 15) is 4.79 Å². The number of aliphatic imine (C=N–C) groups is 1. The van der Waals surface area contributed by atoms with Gasteiger partial charge < -0.3 is 0 Å². The van der Waals surface area contributed by atoms with Crippen LogP contribution in [0.5, 0.6) is 0 Å². The summed E-state index contributed by atoms with van der Waals surface area (Å²) in [4.78, 5) is 17.6. The van der Waals surface area contributed by atoms with Gasteiger partial charge in [0.15, 0.2) is 5.78 Å². The normalized spacial score (nSPS) is 12.5. The highest BCUT2D eigenvalue weighted by Crippen LogP contribution is 2.42. The van der Waals surface area contributed by atoms with Gasteiger partial charge in [-0.3, -0.25) is 9.79 Å². The second-order valence-corrected chi connectivity index (χ2v) is 6.40. The number of nitrogens with zero attached hydrogens (tertiary/aromatic N) is 1. The van der Waals surface area contributed by atoms with Gasteiger partial charge in [-0.2, -0.15) is 0 Å². The number of hydrogen-bond donors (Lipinski definition) is 0. The van der Waals surface area contributed by atoms with E-state index < -0.39 is 0 Å². The maximum atomic E-state index is 12.9. The summed E-state index contributed by atoms with van der Waals surface area (Å²) in [5, 5.41) is 2.01. The van der Waals surface area contributed by atoms with Crippen LogP contribution < -0.4 is 0 Å². The average Bonchev–Trinajstić information content (AvgIpc) is 2.71. The molecule has 0 radical (unpaired) electrons. The molecular formula is C24H15NO. The van der Waals surface area contributed by atoms with Crippen LogP contribution in [0, 0.1) is 0 Å². The SMILES string of the molecule is O=C1c2ccccc2-c2ccc(N=Cc3ccccc3)c3cccc1c23. The third-order valence-corrected chi connectivity index (χ3v) is 4.88. The summed E-state index contributed by atoms with van der Waals surface area (Å²) in [5.41, 5.74) is 5.56. The summed E-state index contributed by atoms with van der Waals surface area (Å²) in [6, 6.07) is 27.8. The number of carbonyl (C=O) groups excluding carboxylic acids is 1. The second-order valence-electron chi connectivity index (χ2n) is 6.40. The van der Waals surface area contributed by atoms with Crippen LogP contribution in [0.3, 0.4) is 0 Å². The summed E-state index contributed by atoms with van der Waals surface area (Å²) in [5.74, 6) is 0.0860. The Hall–Kier alpha value is -3.52. The van der Waals surface area contributed by atoms with Crippen LogP contribution in [0.25, 0.3) is 21.9 Å². The van der Waals surface area contributed by atoms with Crippen LogP contribution in [-0.4, -0.2) is 12.0 Å². The number of ketones is 1. The Bertz CT molecular complexity index is 1190. The fourth-order valence-corrected chi connectivity index (χ4v) is 3.66. The van der Waals surface area contributed by atoms with Crippen LogP contribution in [0.2, 0.25) is 0 Å². The molecule has 0 heterocycles. The van der Waals surface area contributed by atoms with E-state index in [1.165, 1.54) is 0 Å². The molecular weight excluding hydrogens is 318 g/mol. The number of fused-ring (bicyclic) bond motifs is 2. The van der Waals surface area contributed by atoms with Crippen LogP contribution in [0.15, 0.2) is 89.9 Å². The summed E-state index contributed by atoms with van der Waals surface area (Å²) in [6.45, 7) is 0. The third kappa shape index (κ3) is 2.20. The first-order valence-corrected chi connectivity index (χ1v) is 8.62. The minimum Gasteiger partial charge on any atom is -0.289 e. The van der Waals surface area contributed by atoms with E-state index in [1.54, 1.807) is 0 Å². The standard InChI is InChI=1S/C24H15NO/c26-24-19-10-5-4-9-17(19)18-13-14-22(20-11-6-12-21(24)23(18)20)25-15-16-7-2-1-3-8-16/h1-15H. The Kier molecular flexibility index (Phi) is 3.29. The lowest BCUT2D eigenvalue weighted by atomic mass is 9.82. The lowest BCUT2D eigenvalue weighted by molar-refractivity contribution is 0.104. The highest BCUT2D eigenvalue weighted by Gasteiger charge is 2.25. The minimum absolute atomic E-state index is 0.0860. The van der Waals surface area contributed by atoms with Gasteiger partial charge in [-0.15, -0.1) is 0 Å². The molecule has 1 aliphatic rings.